The fourth-order valence-corrected chi connectivity index (χ4v) is 4.91. The third kappa shape index (κ3) is 5.04. The Kier molecular flexibility index (Phi) is 6.94. The zero-order chi connectivity index (χ0) is 22.7. The number of nitrogens with one attached hydrogen (secondary N) is 1. The minimum atomic E-state index is -0.332. The first-order valence-corrected chi connectivity index (χ1v) is 11.5. The molecule has 7 heteroatoms. The molecule has 6 nitrogen and oxygen atoms in total. The van der Waals surface area contributed by atoms with Crippen molar-refractivity contribution in [3.8, 4) is 5.75 Å². The summed E-state index contributed by atoms with van der Waals surface area (Å²) < 4.78 is 18.8. The zero-order valence-corrected chi connectivity index (χ0v) is 19.2. The number of benzene rings is 1. The molecule has 4 rings (SSSR count). The van der Waals surface area contributed by atoms with Crippen molar-refractivity contribution in [2.45, 2.75) is 51.1 Å². The van der Waals surface area contributed by atoms with Crippen LogP contribution in [0.15, 0.2) is 36.5 Å². The number of nitrogens with zero attached hydrogens (tertiary/aromatic N) is 3. The van der Waals surface area contributed by atoms with Crippen LogP contribution >= 0.6 is 0 Å². The second kappa shape index (κ2) is 9.86. The van der Waals surface area contributed by atoms with Crippen molar-refractivity contribution in [2.24, 2.45) is 0 Å². The standard InChI is InChI=1S/C25H33FN4O2/c1-17(19-5-8-23(26)24(15-19)32-3)28-22-7-4-20(14-22)21-6-9-25(27-16-21)30-12-10-29(11-13-30)18(2)31/h5-6,8-9,15-17,20,22,28H,4,7,10-14H2,1-3H3. The molecule has 0 radical (unpaired) electrons. The summed E-state index contributed by atoms with van der Waals surface area (Å²) in [5.41, 5.74) is 2.32. The minimum Gasteiger partial charge on any atom is -0.494 e. The molecule has 172 valence electrons. The van der Waals surface area contributed by atoms with Gasteiger partial charge < -0.3 is 19.9 Å². The van der Waals surface area contributed by atoms with Crippen LogP contribution in [0.25, 0.3) is 0 Å². The van der Waals surface area contributed by atoms with Crippen molar-refractivity contribution < 1.29 is 13.9 Å². The number of piperazine rings is 1. The maximum Gasteiger partial charge on any atom is 0.219 e. The van der Waals surface area contributed by atoms with E-state index in [4.69, 9.17) is 9.72 Å². The summed E-state index contributed by atoms with van der Waals surface area (Å²) in [4.78, 5) is 20.4. The fourth-order valence-electron chi connectivity index (χ4n) is 4.91. The molecule has 1 aromatic heterocycles. The Morgan fingerprint density at radius 3 is 2.62 bits per heavy atom. The second-order valence-electron chi connectivity index (χ2n) is 8.93. The van der Waals surface area contributed by atoms with Crippen LogP contribution in [0.3, 0.4) is 0 Å². The van der Waals surface area contributed by atoms with Gasteiger partial charge in [-0.15, -0.1) is 0 Å². The van der Waals surface area contributed by atoms with Gasteiger partial charge in [-0.2, -0.15) is 0 Å². The van der Waals surface area contributed by atoms with Crippen molar-refractivity contribution in [3.63, 3.8) is 0 Å². The molecule has 2 fully saturated rings. The van der Waals surface area contributed by atoms with Crippen LogP contribution in [0.2, 0.25) is 0 Å². The number of amides is 1. The summed E-state index contributed by atoms with van der Waals surface area (Å²) in [6.07, 6.45) is 5.34. The number of ether oxygens (including phenoxy) is 1. The van der Waals surface area contributed by atoms with Gasteiger partial charge in [0, 0.05) is 51.4 Å². The lowest BCUT2D eigenvalue weighted by Gasteiger charge is -2.35. The number of methoxy groups -OCH3 is 1. The third-order valence-corrected chi connectivity index (χ3v) is 6.88. The van der Waals surface area contributed by atoms with Gasteiger partial charge >= 0.3 is 0 Å². The highest BCUT2D eigenvalue weighted by atomic mass is 19.1. The molecule has 1 aliphatic heterocycles. The predicted octanol–water partition coefficient (Wildman–Crippen LogP) is 3.88. The third-order valence-electron chi connectivity index (χ3n) is 6.88. The molecule has 1 aliphatic carbocycles. The lowest BCUT2D eigenvalue weighted by Crippen LogP contribution is -2.48. The SMILES string of the molecule is COc1cc(C(C)NC2CCC(c3ccc(N4CCN(C(C)=O)CC4)nc3)C2)ccc1F. The lowest BCUT2D eigenvalue weighted by atomic mass is 9.99. The Balaban J connectivity index is 1.31. The smallest absolute Gasteiger partial charge is 0.219 e. The largest absolute Gasteiger partial charge is 0.494 e. The number of carbonyl (C=O) groups excluding carboxylic acids is 1. The highest BCUT2D eigenvalue weighted by molar-refractivity contribution is 5.73. The summed E-state index contributed by atoms with van der Waals surface area (Å²) in [5, 5.41) is 3.70. The molecule has 2 heterocycles. The summed E-state index contributed by atoms with van der Waals surface area (Å²) in [7, 11) is 1.49. The topological polar surface area (TPSA) is 57.7 Å². The van der Waals surface area contributed by atoms with E-state index in [1.54, 1.807) is 13.0 Å². The van der Waals surface area contributed by atoms with Gasteiger partial charge in [-0.1, -0.05) is 12.1 Å². The molecule has 2 aliphatic rings. The first-order chi connectivity index (χ1) is 15.4. The van der Waals surface area contributed by atoms with Crippen LogP contribution < -0.4 is 15.0 Å². The minimum absolute atomic E-state index is 0.127. The van der Waals surface area contributed by atoms with Crippen molar-refractivity contribution in [2.75, 3.05) is 38.2 Å². The molecular weight excluding hydrogens is 407 g/mol. The van der Waals surface area contributed by atoms with Crippen molar-refractivity contribution in [1.82, 2.24) is 15.2 Å². The highest BCUT2D eigenvalue weighted by Crippen LogP contribution is 2.36. The molecule has 0 bridgehead atoms. The molecule has 1 N–H and O–H groups in total. The van der Waals surface area contributed by atoms with Gasteiger partial charge in [0.1, 0.15) is 5.82 Å². The van der Waals surface area contributed by atoms with E-state index in [0.29, 0.717) is 12.0 Å². The summed E-state index contributed by atoms with van der Waals surface area (Å²) >= 11 is 0. The number of pyridine rings is 1. The molecule has 1 amide bonds. The molecule has 3 atom stereocenters. The monoisotopic (exact) mass is 440 g/mol. The predicted molar refractivity (Wildman–Crippen MR) is 124 cm³/mol. The van der Waals surface area contributed by atoms with Gasteiger partial charge in [0.2, 0.25) is 5.91 Å². The van der Waals surface area contributed by atoms with Gasteiger partial charge in [-0.05, 0) is 61.4 Å². The number of halogens is 1. The van der Waals surface area contributed by atoms with E-state index in [-0.39, 0.29) is 23.5 Å². The van der Waals surface area contributed by atoms with Gasteiger partial charge in [0.25, 0.3) is 0 Å². The van der Waals surface area contributed by atoms with Crippen LogP contribution in [0.5, 0.6) is 5.75 Å². The van der Waals surface area contributed by atoms with Crippen LogP contribution in [-0.4, -0.2) is 55.1 Å². The van der Waals surface area contributed by atoms with E-state index in [0.717, 1.165) is 56.8 Å². The van der Waals surface area contributed by atoms with E-state index in [9.17, 15) is 9.18 Å². The average molecular weight is 441 g/mol. The lowest BCUT2D eigenvalue weighted by molar-refractivity contribution is -0.129. The van der Waals surface area contributed by atoms with Gasteiger partial charge in [-0.3, -0.25) is 4.79 Å². The van der Waals surface area contributed by atoms with Gasteiger partial charge in [-0.25, -0.2) is 9.37 Å². The van der Waals surface area contributed by atoms with Gasteiger partial charge in [0.05, 0.1) is 7.11 Å². The molecule has 1 aromatic carbocycles. The molecule has 32 heavy (non-hydrogen) atoms. The van der Waals surface area contributed by atoms with E-state index in [2.05, 4.69) is 29.3 Å². The molecule has 1 saturated carbocycles. The van der Waals surface area contributed by atoms with Crippen molar-refractivity contribution in [3.05, 3.63) is 53.5 Å². The van der Waals surface area contributed by atoms with Crippen LogP contribution in [0, 0.1) is 5.82 Å². The summed E-state index contributed by atoms with van der Waals surface area (Å²) in [6.45, 7) is 6.91. The number of anilines is 1. The number of rotatable bonds is 6. The van der Waals surface area contributed by atoms with Gasteiger partial charge in [0.15, 0.2) is 11.6 Å². The first kappa shape index (κ1) is 22.5. The van der Waals surface area contributed by atoms with E-state index >= 15 is 0 Å². The van der Waals surface area contributed by atoms with Crippen LogP contribution in [-0.2, 0) is 4.79 Å². The van der Waals surface area contributed by atoms with Crippen molar-refractivity contribution >= 4 is 11.7 Å². The Hall–Kier alpha value is -2.67. The second-order valence-corrected chi connectivity index (χ2v) is 8.93. The fraction of sp³-hybridized carbons (Fsp3) is 0.520. The molecule has 1 saturated heterocycles. The average Bonchev–Trinajstić information content (AvgIpc) is 3.28. The van der Waals surface area contributed by atoms with Crippen LogP contribution in [0.4, 0.5) is 10.2 Å². The Bertz CT molecular complexity index is 928. The summed E-state index contributed by atoms with van der Waals surface area (Å²) in [6, 6.07) is 9.94. The maximum absolute atomic E-state index is 13.7. The van der Waals surface area contributed by atoms with E-state index < -0.39 is 0 Å². The first-order valence-electron chi connectivity index (χ1n) is 11.5. The number of aromatic nitrogens is 1. The quantitative estimate of drug-likeness (QED) is 0.739. The zero-order valence-electron chi connectivity index (χ0n) is 19.2. The van der Waals surface area contributed by atoms with Crippen molar-refractivity contribution in [1.29, 1.82) is 0 Å². The molecule has 2 aromatic rings. The molecular formula is C25H33FN4O2. The Morgan fingerprint density at radius 2 is 1.97 bits per heavy atom. The Morgan fingerprint density at radius 1 is 1.19 bits per heavy atom. The Labute approximate surface area is 189 Å². The number of hydrogen-bond donors (Lipinski definition) is 1. The number of hydrogen-bond acceptors (Lipinski definition) is 5. The molecule has 3 unspecified atom stereocenters. The summed E-state index contributed by atoms with van der Waals surface area (Å²) in [5.74, 6) is 1.59. The molecule has 0 spiro atoms. The van der Waals surface area contributed by atoms with Crippen LogP contribution in [0.1, 0.15) is 56.2 Å². The normalized spacial score (nSPS) is 22.1. The van der Waals surface area contributed by atoms with E-state index in [1.165, 1.54) is 18.7 Å². The maximum atomic E-state index is 13.7. The van der Waals surface area contributed by atoms with E-state index in [1.807, 2.05) is 17.2 Å². The number of carbonyl (C=O) groups is 1. The highest BCUT2D eigenvalue weighted by Gasteiger charge is 2.28.